The molecule has 1 N–H and O–H groups in total. The molecule has 1 saturated carbocycles. The van der Waals surface area contributed by atoms with Gasteiger partial charge in [-0.15, -0.1) is 0 Å². The first-order valence-corrected chi connectivity index (χ1v) is 8.10. The van der Waals surface area contributed by atoms with Gasteiger partial charge in [0.15, 0.2) is 0 Å². The molecule has 0 spiro atoms. The van der Waals surface area contributed by atoms with E-state index in [9.17, 15) is 4.79 Å². The lowest BCUT2D eigenvalue weighted by Gasteiger charge is -2.27. The van der Waals surface area contributed by atoms with Crippen LogP contribution >= 0.6 is 0 Å². The minimum atomic E-state index is 0.0855. The predicted molar refractivity (Wildman–Crippen MR) is 81.9 cm³/mol. The zero-order chi connectivity index (χ0) is 14.7. The molecule has 2 aliphatic rings. The Balaban J connectivity index is 1.80. The summed E-state index contributed by atoms with van der Waals surface area (Å²) in [6.45, 7) is 2.47. The number of rotatable bonds is 3. The van der Waals surface area contributed by atoms with Crippen LogP contribution in [0.2, 0.25) is 0 Å². The molecule has 1 aliphatic heterocycles. The van der Waals surface area contributed by atoms with Gasteiger partial charge in [-0.05, 0) is 25.7 Å². The lowest BCUT2D eigenvalue weighted by molar-refractivity contribution is -0.129. The van der Waals surface area contributed by atoms with E-state index in [2.05, 4.69) is 15.3 Å². The Morgan fingerprint density at radius 1 is 1.14 bits per heavy atom. The highest BCUT2D eigenvalue weighted by Gasteiger charge is 2.31. The number of hydrogen-bond donors (Lipinski definition) is 1. The number of amides is 1. The number of anilines is 1. The van der Waals surface area contributed by atoms with E-state index in [-0.39, 0.29) is 11.9 Å². The maximum absolute atomic E-state index is 11.8. The van der Waals surface area contributed by atoms with Crippen LogP contribution in [-0.2, 0) is 4.79 Å². The third-order valence-corrected chi connectivity index (χ3v) is 4.65. The topological polar surface area (TPSA) is 58.1 Å². The second-order valence-corrected chi connectivity index (χ2v) is 6.14. The molecular weight excluding hydrogens is 264 g/mol. The first-order chi connectivity index (χ1) is 10.3. The molecule has 1 aromatic heterocycles. The Labute approximate surface area is 126 Å². The number of nitrogens with zero attached hydrogens (tertiary/aromatic N) is 3. The number of carbonyl (C=O) groups is 1. The van der Waals surface area contributed by atoms with Gasteiger partial charge in [-0.3, -0.25) is 9.78 Å². The Kier molecular flexibility index (Phi) is 4.36. The maximum Gasteiger partial charge on any atom is 0.220 e. The predicted octanol–water partition coefficient (Wildman–Crippen LogP) is 2.90. The molecule has 2 heterocycles. The van der Waals surface area contributed by atoms with Crippen LogP contribution in [0.4, 0.5) is 5.82 Å². The summed E-state index contributed by atoms with van der Waals surface area (Å²) in [6, 6.07) is 0.587. The van der Waals surface area contributed by atoms with Crippen LogP contribution < -0.4 is 5.32 Å². The fourth-order valence-electron chi connectivity index (χ4n) is 3.57. The van der Waals surface area contributed by atoms with E-state index < -0.39 is 0 Å². The van der Waals surface area contributed by atoms with Crippen molar-refractivity contribution in [2.45, 2.75) is 64.0 Å². The highest BCUT2D eigenvalue weighted by atomic mass is 16.2. The van der Waals surface area contributed by atoms with Gasteiger partial charge in [0.2, 0.25) is 5.91 Å². The highest BCUT2D eigenvalue weighted by Crippen LogP contribution is 2.34. The van der Waals surface area contributed by atoms with Crippen molar-refractivity contribution in [3.8, 4) is 0 Å². The largest absolute Gasteiger partial charge is 0.366 e. The molecule has 1 unspecified atom stereocenters. The molecule has 114 valence electrons. The molecule has 0 radical (unpaired) electrons. The number of hydrogen-bond acceptors (Lipinski definition) is 4. The van der Waals surface area contributed by atoms with Gasteiger partial charge < -0.3 is 10.2 Å². The number of aromatic nitrogens is 2. The van der Waals surface area contributed by atoms with Crippen molar-refractivity contribution < 1.29 is 4.79 Å². The molecular formula is C16H24N4O. The van der Waals surface area contributed by atoms with Crippen molar-refractivity contribution in [3.63, 3.8) is 0 Å². The first kappa shape index (κ1) is 14.3. The van der Waals surface area contributed by atoms with Crippen LogP contribution in [-0.4, -0.2) is 33.4 Å². The van der Waals surface area contributed by atoms with Gasteiger partial charge in [-0.1, -0.05) is 19.3 Å². The normalized spacial score (nSPS) is 23.3. The van der Waals surface area contributed by atoms with E-state index in [1.165, 1.54) is 32.1 Å². The van der Waals surface area contributed by atoms with Crippen molar-refractivity contribution >= 4 is 11.7 Å². The Morgan fingerprint density at radius 2 is 1.90 bits per heavy atom. The van der Waals surface area contributed by atoms with Crippen molar-refractivity contribution in [2.75, 3.05) is 11.9 Å². The van der Waals surface area contributed by atoms with Crippen LogP contribution in [0.3, 0.4) is 0 Å². The van der Waals surface area contributed by atoms with Crippen LogP contribution in [0.25, 0.3) is 0 Å². The molecule has 21 heavy (non-hydrogen) atoms. The van der Waals surface area contributed by atoms with E-state index in [1.807, 2.05) is 4.90 Å². The summed E-state index contributed by atoms with van der Waals surface area (Å²) >= 11 is 0. The minimum absolute atomic E-state index is 0.0855. The smallest absolute Gasteiger partial charge is 0.220 e. The van der Waals surface area contributed by atoms with Crippen LogP contribution in [0.5, 0.6) is 0 Å². The Hall–Kier alpha value is -1.65. The summed E-state index contributed by atoms with van der Waals surface area (Å²) < 4.78 is 0. The number of carbonyl (C=O) groups excluding carboxylic acids is 1. The SMILES string of the molecule is CC(=O)N1CCCC1c1nccnc1NC1CCCCC1. The van der Waals surface area contributed by atoms with E-state index in [0.29, 0.717) is 6.04 Å². The molecule has 1 atom stereocenters. The van der Waals surface area contributed by atoms with Gasteiger partial charge in [0, 0.05) is 31.9 Å². The fraction of sp³-hybridized carbons (Fsp3) is 0.688. The quantitative estimate of drug-likeness (QED) is 0.929. The van der Waals surface area contributed by atoms with Crippen LogP contribution in [0.15, 0.2) is 12.4 Å². The van der Waals surface area contributed by atoms with Crippen LogP contribution in [0.1, 0.15) is 63.6 Å². The Bertz CT molecular complexity index is 499. The molecule has 1 amide bonds. The van der Waals surface area contributed by atoms with E-state index >= 15 is 0 Å². The lowest BCUT2D eigenvalue weighted by atomic mass is 9.95. The van der Waals surface area contributed by atoms with E-state index in [0.717, 1.165) is 30.9 Å². The number of likely N-dealkylation sites (tertiary alicyclic amines) is 1. The maximum atomic E-state index is 11.8. The van der Waals surface area contributed by atoms with E-state index in [1.54, 1.807) is 19.3 Å². The fourth-order valence-corrected chi connectivity index (χ4v) is 3.57. The summed E-state index contributed by atoms with van der Waals surface area (Å²) in [6.07, 6.45) is 11.8. The summed E-state index contributed by atoms with van der Waals surface area (Å²) in [5.74, 6) is 1.01. The number of nitrogens with one attached hydrogen (secondary N) is 1. The Morgan fingerprint density at radius 3 is 2.67 bits per heavy atom. The lowest BCUT2D eigenvalue weighted by Crippen LogP contribution is -2.30. The van der Waals surface area contributed by atoms with Gasteiger partial charge >= 0.3 is 0 Å². The molecule has 5 heteroatoms. The van der Waals surface area contributed by atoms with Gasteiger partial charge in [-0.2, -0.15) is 0 Å². The van der Waals surface area contributed by atoms with E-state index in [4.69, 9.17) is 0 Å². The zero-order valence-corrected chi connectivity index (χ0v) is 12.7. The summed E-state index contributed by atoms with van der Waals surface area (Å²) in [5.41, 5.74) is 0.941. The third kappa shape index (κ3) is 3.17. The summed E-state index contributed by atoms with van der Waals surface area (Å²) in [5, 5.41) is 3.57. The van der Waals surface area contributed by atoms with Gasteiger partial charge in [0.25, 0.3) is 0 Å². The third-order valence-electron chi connectivity index (χ3n) is 4.65. The molecule has 3 rings (SSSR count). The van der Waals surface area contributed by atoms with Gasteiger partial charge in [-0.25, -0.2) is 4.98 Å². The molecule has 2 fully saturated rings. The monoisotopic (exact) mass is 288 g/mol. The average molecular weight is 288 g/mol. The van der Waals surface area contributed by atoms with Crippen molar-refractivity contribution in [1.82, 2.24) is 14.9 Å². The van der Waals surface area contributed by atoms with Gasteiger partial charge in [0.1, 0.15) is 11.5 Å². The minimum Gasteiger partial charge on any atom is -0.366 e. The second kappa shape index (κ2) is 6.41. The standard InChI is InChI=1S/C16H24N4O/c1-12(21)20-11-5-8-14(20)15-16(18-10-9-17-15)19-13-6-3-2-4-7-13/h9-10,13-14H,2-8,11H2,1H3,(H,18,19). The average Bonchev–Trinajstić information content (AvgIpc) is 2.98. The molecule has 0 aromatic carbocycles. The van der Waals surface area contributed by atoms with Gasteiger partial charge in [0.05, 0.1) is 6.04 Å². The van der Waals surface area contributed by atoms with Crippen LogP contribution in [0, 0.1) is 0 Å². The second-order valence-electron chi connectivity index (χ2n) is 6.14. The summed E-state index contributed by atoms with van der Waals surface area (Å²) in [4.78, 5) is 22.8. The molecule has 1 aliphatic carbocycles. The zero-order valence-electron chi connectivity index (χ0n) is 12.7. The molecule has 5 nitrogen and oxygen atoms in total. The summed E-state index contributed by atoms with van der Waals surface area (Å²) in [7, 11) is 0. The molecule has 1 saturated heterocycles. The van der Waals surface area contributed by atoms with Crippen molar-refractivity contribution in [3.05, 3.63) is 18.1 Å². The molecule has 1 aromatic rings. The van der Waals surface area contributed by atoms with Crippen molar-refractivity contribution in [2.24, 2.45) is 0 Å². The van der Waals surface area contributed by atoms with Crippen molar-refractivity contribution in [1.29, 1.82) is 0 Å². The first-order valence-electron chi connectivity index (χ1n) is 8.10. The highest BCUT2D eigenvalue weighted by molar-refractivity contribution is 5.74. The molecule has 0 bridgehead atoms.